The lowest BCUT2D eigenvalue weighted by Gasteiger charge is -2.19. The van der Waals surface area contributed by atoms with E-state index in [1.165, 1.54) is 36.4 Å². The van der Waals surface area contributed by atoms with Crippen molar-refractivity contribution in [2.75, 3.05) is 0 Å². The van der Waals surface area contributed by atoms with Gasteiger partial charge < -0.3 is 4.74 Å². The van der Waals surface area contributed by atoms with Gasteiger partial charge in [-0.25, -0.2) is 4.79 Å². The van der Waals surface area contributed by atoms with E-state index in [2.05, 4.69) is 0 Å². The van der Waals surface area contributed by atoms with Gasteiger partial charge in [0.25, 0.3) is 5.69 Å². The van der Waals surface area contributed by atoms with Gasteiger partial charge in [-0.1, -0.05) is 0 Å². The first-order valence-electron chi connectivity index (χ1n) is 6.72. The first-order valence-corrected chi connectivity index (χ1v) is 6.72. The molecule has 1 aromatic rings. The molecule has 0 spiro atoms. The number of carbonyl (C=O) groups is 2. The molecule has 0 N–H and O–H groups in total. The molecule has 0 radical (unpaired) electrons. The molecule has 1 aliphatic carbocycles. The standard InChI is InChI=1S/C15H15NO5/c17-13-3-1-2-4-14(13)21-15(18)10-7-11-5-8-12(9-6-11)16(19)20/h5-10,14H,1-4H2/b10-7+/t14-/m1/s1. The molecule has 110 valence electrons. The van der Waals surface area contributed by atoms with Crippen LogP contribution in [0.25, 0.3) is 6.08 Å². The van der Waals surface area contributed by atoms with Crippen LogP contribution >= 0.6 is 0 Å². The Labute approximate surface area is 121 Å². The van der Waals surface area contributed by atoms with Crippen molar-refractivity contribution in [3.8, 4) is 0 Å². The second-order valence-electron chi connectivity index (χ2n) is 4.82. The first-order chi connectivity index (χ1) is 10.1. The Morgan fingerprint density at radius 1 is 1.29 bits per heavy atom. The van der Waals surface area contributed by atoms with Crippen molar-refractivity contribution in [1.82, 2.24) is 0 Å². The first kappa shape index (κ1) is 14.9. The van der Waals surface area contributed by atoms with Gasteiger partial charge in [-0.05, 0) is 43.0 Å². The zero-order chi connectivity index (χ0) is 15.2. The van der Waals surface area contributed by atoms with E-state index in [1.807, 2.05) is 0 Å². The summed E-state index contributed by atoms with van der Waals surface area (Å²) in [6, 6.07) is 5.78. The number of nitro benzene ring substituents is 1. The average molecular weight is 289 g/mol. The molecule has 6 heteroatoms. The summed E-state index contributed by atoms with van der Waals surface area (Å²) in [5.41, 5.74) is 0.634. The maximum atomic E-state index is 11.6. The molecule has 1 atom stereocenters. The van der Waals surface area contributed by atoms with Crippen LogP contribution in [0, 0.1) is 10.1 Å². The smallest absolute Gasteiger partial charge is 0.331 e. The van der Waals surface area contributed by atoms with Gasteiger partial charge in [0.05, 0.1) is 4.92 Å². The Hall–Kier alpha value is -2.50. The summed E-state index contributed by atoms with van der Waals surface area (Å²) in [5.74, 6) is -0.605. The lowest BCUT2D eigenvalue weighted by molar-refractivity contribution is -0.384. The molecular weight excluding hydrogens is 274 g/mol. The molecule has 0 aromatic heterocycles. The third kappa shape index (κ3) is 4.24. The van der Waals surface area contributed by atoms with Crippen LogP contribution in [-0.2, 0) is 14.3 Å². The van der Waals surface area contributed by atoms with E-state index in [-0.39, 0.29) is 11.5 Å². The second kappa shape index (κ2) is 6.78. The van der Waals surface area contributed by atoms with Gasteiger partial charge in [-0.2, -0.15) is 0 Å². The second-order valence-corrected chi connectivity index (χ2v) is 4.82. The number of esters is 1. The minimum atomic E-state index is -0.632. The summed E-state index contributed by atoms with van der Waals surface area (Å²) in [6.07, 6.45) is 4.87. The molecule has 0 aliphatic heterocycles. The lowest BCUT2D eigenvalue weighted by Crippen LogP contribution is -2.29. The van der Waals surface area contributed by atoms with Gasteiger partial charge in [0.15, 0.2) is 11.9 Å². The van der Waals surface area contributed by atoms with Gasteiger partial charge in [-0.3, -0.25) is 14.9 Å². The van der Waals surface area contributed by atoms with Crippen LogP contribution in [0.15, 0.2) is 30.3 Å². The van der Waals surface area contributed by atoms with Crippen molar-refractivity contribution >= 4 is 23.5 Å². The minimum absolute atomic E-state index is 0.0115. The number of carbonyl (C=O) groups excluding carboxylic acids is 2. The Bertz CT molecular complexity index is 576. The van der Waals surface area contributed by atoms with Gasteiger partial charge >= 0.3 is 5.97 Å². The average Bonchev–Trinajstić information content (AvgIpc) is 2.48. The molecule has 0 heterocycles. The van der Waals surface area contributed by atoms with E-state index in [1.54, 1.807) is 0 Å². The van der Waals surface area contributed by atoms with E-state index < -0.39 is 17.0 Å². The fraction of sp³-hybridized carbons (Fsp3) is 0.333. The number of nitro groups is 1. The summed E-state index contributed by atoms with van der Waals surface area (Å²) >= 11 is 0. The van der Waals surface area contributed by atoms with Gasteiger partial charge in [0.2, 0.25) is 0 Å². The Kier molecular flexibility index (Phi) is 4.81. The normalized spacial score (nSPS) is 18.7. The maximum Gasteiger partial charge on any atom is 0.331 e. The number of non-ortho nitro benzene ring substituents is 1. The van der Waals surface area contributed by atoms with Gasteiger partial charge in [0.1, 0.15) is 0 Å². The number of hydrogen-bond donors (Lipinski definition) is 0. The van der Waals surface area contributed by atoms with Crippen molar-refractivity contribution in [2.45, 2.75) is 31.8 Å². The summed E-state index contributed by atoms with van der Waals surface area (Å²) in [6.45, 7) is 0. The van der Waals surface area contributed by atoms with Gasteiger partial charge in [0, 0.05) is 24.6 Å². The van der Waals surface area contributed by atoms with Crippen LogP contribution in [0.3, 0.4) is 0 Å². The Morgan fingerprint density at radius 2 is 2.00 bits per heavy atom. The van der Waals surface area contributed by atoms with E-state index in [4.69, 9.17) is 4.74 Å². The van der Waals surface area contributed by atoms with Crippen molar-refractivity contribution in [1.29, 1.82) is 0 Å². The van der Waals surface area contributed by atoms with Crippen molar-refractivity contribution in [3.63, 3.8) is 0 Å². The molecule has 1 aromatic carbocycles. The highest BCUT2D eigenvalue weighted by atomic mass is 16.6. The molecule has 0 unspecified atom stereocenters. The molecule has 0 amide bonds. The highest BCUT2D eigenvalue weighted by molar-refractivity contribution is 5.91. The SMILES string of the molecule is O=C(/C=C/c1ccc([N+](=O)[O-])cc1)O[C@@H]1CCCCC1=O. The third-order valence-electron chi connectivity index (χ3n) is 3.27. The summed E-state index contributed by atoms with van der Waals surface area (Å²) in [5, 5.41) is 10.5. The topological polar surface area (TPSA) is 86.5 Å². The van der Waals surface area contributed by atoms with E-state index >= 15 is 0 Å². The zero-order valence-corrected chi connectivity index (χ0v) is 11.4. The molecule has 0 saturated heterocycles. The van der Waals surface area contributed by atoms with Crippen molar-refractivity contribution < 1.29 is 19.2 Å². The zero-order valence-electron chi connectivity index (χ0n) is 11.4. The Morgan fingerprint density at radius 3 is 2.62 bits per heavy atom. The molecular formula is C15H15NO5. The number of nitrogens with zero attached hydrogens (tertiary/aromatic N) is 1. The summed E-state index contributed by atoms with van der Waals surface area (Å²) < 4.78 is 5.10. The van der Waals surface area contributed by atoms with Crippen LogP contribution in [-0.4, -0.2) is 22.8 Å². The predicted octanol–water partition coefficient (Wildman–Crippen LogP) is 2.66. The molecule has 1 aliphatic rings. The third-order valence-corrected chi connectivity index (χ3v) is 3.27. The highest BCUT2D eigenvalue weighted by Gasteiger charge is 2.24. The minimum Gasteiger partial charge on any atom is -0.451 e. The van der Waals surface area contributed by atoms with Gasteiger partial charge in [-0.15, -0.1) is 0 Å². The van der Waals surface area contributed by atoms with Crippen LogP contribution in [0.1, 0.15) is 31.2 Å². The number of Topliss-reactive ketones (excluding diaryl/α,β-unsaturated/α-hetero) is 1. The largest absolute Gasteiger partial charge is 0.451 e. The maximum absolute atomic E-state index is 11.6. The predicted molar refractivity (Wildman–Crippen MR) is 75.5 cm³/mol. The molecule has 6 nitrogen and oxygen atoms in total. The van der Waals surface area contributed by atoms with E-state index in [0.717, 1.165) is 12.8 Å². The number of hydrogen-bond acceptors (Lipinski definition) is 5. The van der Waals surface area contributed by atoms with E-state index in [0.29, 0.717) is 18.4 Å². The number of ether oxygens (including phenoxy) is 1. The molecule has 1 fully saturated rings. The van der Waals surface area contributed by atoms with Crippen LogP contribution < -0.4 is 0 Å². The van der Waals surface area contributed by atoms with E-state index in [9.17, 15) is 19.7 Å². The number of rotatable bonds is 4. The van der Waals surface area contributed by atoms with Crippen LogP contribution in [0.5, 0.6) is 0 Å². The number of ketones is 1. The van der Waals surface area contributed by atoms with Crippen molar-refractivity contribution in [2.24, 2.45) is 0 Å². The summed E-state index contributed by atoms with van der Waals surface area (Å²) in [4.78, 5) is 33.2. The fourth-order valence-corrected chi connectivity index (χ4v) is 2.13. The molecule has 1 saturated carbocycles. The fourth-order valence-electron chi connectivity index (χ4n) is 2.13. The Balaban J connectivity index is 1.92. The molecule has 21 heavy (non-hydrogen) atoms. The molecule has 2 rings (SSSR count). The quantitative estimate of drug-likeness (QED) is 0.368. The lowest BCUT2D eigenvalue weighted by atomic mass is 9.96. The summed E-state index contributed by atoms with van der Waals surface area (Å²) in [7, 11) is 0. The van der Waals surface area contributed by atoms with Crippen LogP contribution in [0.2, 0.25) is 0 Å². The van der Waals surface area contributed by atoms with Crippen molar-refractivity contribution in [3.05, 3.63) is 46.0 Å². The highest BCUT2D eigenvalue weighted by Crippen LogP contribution is 2.18. The molecule has 0 bridgehead atoms. The number of benzene rings is 1. The van der Waals surface area contributed by atoms with Crippen LogP contribution in [0.4, 0.5) is 5.69 Å². The monoisotopic (exact) mass is 289 g/mol.